The molecule has 4 heteroatoms. The van der Waals surface area contributed by atoms with Crippen LogP contribution in [0.25, 0.3) is 0 Å². The lowest BCUT2D eigenvalue weighted by atomic mass is 10.4. The lowest BCUT2D eigenvalue weighted by molar-refractivity contribution is 0.959. The van der Waals surface area contributed by atoms with Crippen LogP contribution in [0.1, 0.15) is 5.69 Å². The number of aromatic nitrogens is 1. The molecule has 3 nitrogen and oxygen atoms in total. The Balaban J connectivity index is 2.28. The highest BCUT2D eigenvalue weighted by molar-refractivity contribution is 7.07. The molecule has 2 heterocycles. The minimum Gasteiger partial charge on any atom is -0.367 e. The average Bonchev–Trinajstić information content (AvgIpc) is 2.59. The average molecular weight is 153 g/mol. The van der Waals surface area contributed by atoms with Crippen molar-refractivity contribution in [2.24, 2.45) is 4.99 Å². The summed E-state index contributed by atoms with van der Waals surface area (Å²) >= 11 is 1.59. The van der Waals surface area contributed by atoms with Crippen molar-refractivity contribution in [3.8, 4) is 0 Å². The second kappa shape index (κ2) is 2.38. The predicted octanol–water partition coefficient (Wildman–Crippen LogP) is 0.493. The largest absolute Gasteiger partial charge is 0.367 e. The molecule has 0 aliphatic carbocycles. The molecule has 1 aliphatic heterocycles. The van der Waals surface area contributed by atoms with E-state index in [1.54, 1.807) is 11.3 Å². The van der Waals surface area contributed by atoms with Gasteiger partial charge in [-0.2, -0.15) is 0 Å². The summed E-state index contributed by atoms with van der Waals surface area (Å²) in [7, 11) is 0. The Labute approximate surface area is 62.8 Å². The van der Waals surface area contributed by atoms with Crippen LogP contribution in [0.5, 0.6) is 0 Å². The Morgan fingerprint density at radius 3 is 3.20 bits per heavy atom. The Hall–Kier alpha value is -0.900. The lowest BCUT2D eigenvalue weighted by Gasteiger charge is -1.93. The molecule has 0 fully saturated rings. The van der Waals surface area contributed by atoms with Gasteiger partial charge in [-0.1, -0.05) is 0 Å². The summed E-state index contributed by atoms with van der Waals surface area (Å²) in [5.41, 5.74) is 2.79. The number of nitrogens with zero attached hydrogens (tertiary/aromatic N) is 2. The summed E-state index contributed by atoms with van der Waals surface area (Å²) in [5.74, 6) is 0.946. The Morgan fingerprint density at radius 2 is 2.60 bits per heavy atom. The summed E-state index contributed by atoms with van der Waals surface area (Å²) in [4.78, 5) is 8.35. The fraction of sp³-hybridized carbons (Fsp3) is 0.333. The zero-order valence-corrected chi connectivity index (χ0v) is 6.19. The number of aliphatic imine (C=N–C) groups is 1. The van der Waals surface area contributed by atoms with Gasteiger partial charge in [-0.05, 0) is 0 Å². The molecular weight excluding hydrogens is 146 g/mol. The molecular formula is C6H7N3S. The number of rotatable bonds is 1. The molecule has 1 N–H and O–H groups in total. The first-order valence-electron chi connectivity index (χ1n) is 3.14. The molecule has 0 saturated heterocycles. The molecule has 0 spiro atoms. The second-order valence-corrected chi connectivity index (χ2v) is 2.75. The topological polar surface area (TPSA) is 37.3 Å². The molecule has 0 saturated carbocycles. The first-order valence-corrected chi connectivity index (χ1v) is 4.08. The van der Waals surface area contributed by atoms with Gasteiger partial charge in [-0.25, -0.2) is 4.98 Å². The molecule has 52 valence electrons. The minimum absolute atomic E-state index is 0.882. The van der Waals surface area contributed by atoms with Gasteiger partial charge >= 0.3 is 0 Å². The fourth-order valence-electron chi connectivity index (χ4n) is 0.899. The zero-order valence-electron chi connectivity index (χ0n) is 5.37. The molecule has 0 radical (unpaired) electrons. The molecule has 0 aromatic carbocycles. The summed E-state index contributed by atoms with van der Waals surface area (Å²) in [6.45, 7) is 1.83. The van der Waals surface area contributed by atoms with Crippen molar-refractivity contribution in [1.29, 1.82) is 0 Å². The second-order valence-electron chi connectivity index (χ2n) is 2.03. The van der Waals surface area contributed by atoms with E-state index >= 15 is 0 Å². The standard InChI is InChI=1S/C6H7N3S/c1-2-8-6(7-1)5-3-10-4-9-5/h3-4H,1-2H2,(H,7,8). The normalized spacial score (nSPS) is 16.6. The Morgan fingerprint density at radius 1 is 1.60 bits per heavy atom. The van der Waals surface area contributed by atoms with E-state index in [9.17, 15) is 0 Å². The van der Waals surface area contributed by atoms with Gasteiger partial charge in [-0.3, -0.25) is 4.99 Å². The highest BCUT2D eigenvalue weighted by atomic mass is 32.1. The van der Waals surface area contributed by atoms with Crippen molar-refractivity contribution in [2.45, 2.75) is 0 Å². The van der Waals surface area contributed by atoms with E-state index < -0.39 is 0 Å². The summed E-state index contributed by atoms with van der Waals surface area (Å²) in [6, 6.07) is 0. The molecule has 1 aromatic rings. The summed E-state index contributed by atoms with van der Waals surface area (Å²) in [6.07, 6.45) is 0. The van der Waals surface area contributed by atoms with Crippen molar-refractivity contribution >= 4 is 17.2 Å². The summed E-state index contributed by atoms with van der Waals surface area (Å²) in [5, 5.41) is 5.15. The SMILES string of the molecule is c1nc(C2=NCCN2)cs1. The molecule has 2 rings (SSSR count). The quantitative estimate of drug-likeness (QED) is 0.637. The number of hydrogen-bond acceptors (Lipinski definition) is 4. The molecule has 1 aliphatic rings. The first-order chi connectivity index (χ1) is 4.97. The van der Waals surface area contributed by atoms with E-state index in [1.165, 1.54) is 0 Å². The van der Waals surface area contributed by atoms with Crippen LogP contribution in [0.4, 0.5) is 0 Å². The lowest BCUT2D eigenvalue weighted by Crippen LogP contribution is -2.19. The van der Waals surface area contributed by atoms with Gasteiger partial charge in [0, 0.05) is 11.9 Å². The Kier molecular flexibility index (Phi) is 1.39. The molecule has 0 atom stereocenters. The Bertz CT molecular complexity index is 240. The van der Waals surface area contributed by atoms with Crippen LogP contribution in [0.15, 0.2) is 15.9 Å². The minimum atomic E-state index is 0.882. The molecule has 0 bridgehead atoms. The highest BCUT2D eigenvalue weighted by Crippen LogP contribution is 2.03. The van der Waals surface area contributed by atoms with Crippen LogP contribution >= 0.6 is 11.3 Å². The molecule has 0 amide bonds. The van der Waals surface area contributed by atoms with Gasteiger partial charge in [-0.15, -0.1) is 11.3 Å². The molecule has 1 aromatic heterocycles. The fourth-order valence-corrected chi connectivity index (χ4v) is 1.44. The van der Waals surface area contributed by atoms with Gasteiger partial charge < -0.3 is 5.32 Å². The van der Waals surface area contributed by atoms with E-state index in [0.29, 0.717) is 0 Å². The van der Waals surface area contributed by atoms with Crippen LogP contribution < -0.4 is 5.32 Å². The monoisotopic (exact) mass is 153 g/mol. The van der Waals surface area contributed by atoms with Gasteiger partial charge in [0.1, 0.15) is 11.5 Å². The smallest absolute Gasteiger partial charge is 0.148 e. The zero-order chi connectivity index (χ0) is 6.81. The van der Waals surface area contributed by atoms with E-state index in [4.69, 9.17) is 0 Å². The predicted molar refractivity (Wildman–Crippen MR) is 41.5 cm³/mol. The van der Waals surface area contributed by atoms with Crippen molar-refractivity contribution in [3.05, 3.63) is 16.6 Å². The number of nitrogens with one attached hydrogen (secondary N) is 1. The third kappa shape index (κ3) is 0.903. The van der Waals surface area contributed by atoms with Gasteiger partial charge in [0.05, 0.1) is 12.1 Å². The van der Waals surface area contributed by atoms with Crippen LogP contribution in [-0.2, 0) is 0 Å². The van der Waals surface area contributed by atoms with E-state index in [2.05, 4.69) is 15.3 Å². The summed E-state index contributed by atoms with van der Waals surface area (Å²) < 4.78 is 0. The number of thiazole rings is 1. The van der Waals surface area contributed by atoms with Gasteiger partial charge in [0.2, 0.25) is 0 Å². The molecule has 0 unspecified atom stereocenters. The highest BCUT2D eigenvalue weighted by Gasteiger charge is 2.07. The van der Waals surface area contributed by atoms with Crippen molar-refractivity contribution in [3.63, 3.8) is 0 Å². The first kappa shape index (κ1) is 5.85. The van der Waals surface area contributed by atoms with Crippen molar-refractivity contribution in [2.75, 3.05) is 13.1 Å². The maximum absolute atomic E-state index is 4.23. The van der Waals surface area contributed by atoms with Crippen LogP contribution in [-0.4, -0.2) is 23.9 Å². The van der Waals surface area contributed by atoms with Gasteiger partial charge in [0.15, 0.2) is 0 Å². The van der Waals surface area contributed by atoms with E-state index in [1.807, 2.05) is 10.9 Å². The van der Waals surface area contributed by atoms with Crippen LogP contribution in [0.2, 0.25) is 0 Å². The van der Waals surface area contributed by atoms with Crippen molar-refractivity contribution in [1.82, 2.24) is 10.3 Å². The maximum Gasteiger partial charge on any atom is 0.148 e. The van der Waals surface area contributed by atoms with Crippen LogP contribution in [0.3, 0.4) is 0 Å². The third-order valence-corrected chi connectivity index (χ3v) is 1.94. The van der Waals surface area contributed by atoms with Gasteiger partial charge in [0.25, 0.3) is 0 Å². The van der Waals surface area contributed by atoms with E-state index in [-0.39, 0.29) is 0 Å². The third-order valence-electron chi connectivity index (χ3n) is 1.35. The van der Waals surface area contributed by atoms with Crippen molar-refractivity contribution < 1.29 is 0 Å². The van der Waals surface area contributed by atoms with Crippen LogP contribution in [0, 0.1) is 0 Å². The maximum atomic E-state index is 4.23. The molecule has 10 heavy (non-hydrogen) atoms. The van der Waals surface area contributed by atoms with E-state index in [0.717, 1.165) is 24.6 Å². The number of amidine groups is 1. The number of hydrogen-bond donors (Lipinski definition) is 1.